The summed E-state index contributed by atoms with van der Waals surface area (Å²) in [5.41, 5.74) is -0.208. The molecule has 0 atom stereocenters. The molecule has 8 heavy (non-hydrogen) atoms. The summed E-state index contributed by atoms with van der Waals surface area (Å²) in [6.45, 7) is 0. The number of aromatic nitrogens is 2. The maximum atomic E-state index is 10.4. The minimum Gasteiger partial charge on any atom is -0.297 e. The minimum atomic E-state index is -0.208. The molecule has 0 fully saturated rings. The van der Waals surface area contributed by atoms with E-state index >= 15 is 0 Å². The van der Waals surface area contributed by atoms with Gasteiger partial charge in [-0.15, -0.1) is 0 Å². The molecule has 2 N–H and O–H groups in total. The van der Waals surface area contributed by atoms with E-state index < -0.39 is 0 Å². The summed E-state index contributed by atoms with van der Waals surface area (Å²) in [5.74, 6) is 0. The van der Waals surface area contributed by atoms with Gasteiger partial charge in [0.25, 0.3) is 5.56 Å². The third-order valence-electron chi connectivity index (χ3n) is 0.806. The number of H-pyrrole nitrogens is 1. The lowest BCUT2D eigenvalue weighted by Gasteiger charge is -1.81. The van der Waals surface area contributed by atoms with Gasteiger partial charge in [-0.3, -0.25) is 15.3 Å². The van der Waals surface area contributed by atoms with Crippen LogP contribution >= 0.6 is 0 Å². The molecule has 4 nitrogen and oxygen atoms in total. The van der Waals surface area contributed by atoms with Gasteiger partial charge < -0.3 is 0 Å². The lowest BCUT2D eigenvalue weighted by Crippen LogP contribution is -2.13. The number of hydrogen-bond acceptors (Lipinski definition) is 2. The summed E-state index contributed by atoms with van der Waals surface area (Å²) in [6, 6.07) is 1.35. The first-order chi connectivity index (χ1) is 3.84. The van der Waals surface area contributed by atoms with Crippen LogP contribution in [0.4, 0.5) is 0 Å². The Labute approximate surface area is 45.3 Å². The molecule has 0 radical (unpaired) electrons. The van der Waals surface area contributed by atoms with E-state index in [0.717, 1.165) is 11.0 Å². The quantitative estimate of drug-likeness (QED) is 0.377. The first-order valence-electron chi connectivity index (χ1n) is 2.11. The van der Waals surface area contributed by atoms with Crippen LogP contribution in [0.2, 0.25) is 0 Å². The van der Waals surface area contributed by atoms with Gasteiger partial charge in [0.05, 0.1) is 0 Å². The number of rotatable bonds is 1. The maximum Gasteiger partial charge on any atom is 0.272 e. The van der Waals surface area contributed by atoms with Crippen molar-refractivity contribution in [3.63, 3.8) is 0 Å². The van der Waals surface area contributed by atoms with E-state index in [9.17, 15) is 4.79 Å². The topological polar surface area (TPSA) is 61.6 Å². The summed E-state index contributed by atoms with van der Waals surface area (Å²) in [6.07, 6.45) is 2.40. The van der Waals surface area contributed by atoms with E-state index in [1.807, 2.05) is 0 Å². The van der Waals surface area contributed by atoms with Crippen molar-refractivity contribution in [1.29, 1.82) is 5.41 Å². The molecule has 0 aliphatic rings. The van der Waals surface area contributed by atoms with Gasteiger partial charge in [-0.25, -0.2) is 4.68 Å². The number of nitrogens with one attached hydrogen (secondary N) is 2. The zero-order chi connectivity index (χ0) is 5.98. The molecular weight excluding hydrogens is 106 g/mol. The lowest BCUT2D eigenvalue weighted by atomic mass is 10.7. The molecule has 1 aromatic rings. The molecule has 42 valence electrons. The second kappa shape index (κ2) is 1.65. The van der Waals surface area contributed by atoms with E-state index in [2.05, 4.69) is 5.10 Å². The largest absolute Gasteiger partial charge is 0.297 e. The Balaban J connectivity index is 3.30. The number of aromatic amines is 1. The Bertz CT molecular complexity index is 233. The van der Waals surface area contributed by atoms with Crippen molar-refractivity contribution in [2.75, 3.05) is 0 Å². The Kier molecular flexibility index (Phi) is 0.997. The molecular formula is C4H5N3O. The van der Waals surface area contributed by atoms with Crippen molar-refractivity contribution in [2.45, 2.75) is 0 Å². The molecule has 1 rings (SSSR count). The Morgan fingerprint density at radius 3 is 2.88 bits per heavy atom. The fourth-order valence-electron chi connectivity index (χ4n) is 0.434. The molecule has 0 aromatic carbocycles. The van der Waals surface area contributed by atoms with Crippen LogP contribution in [-0.2, 0) is 0 Å². The normalized spacial score (nSPS) is 9.00. The summed E-state index contributed by atoms with van der Waals surface area (Å²) in [5, 5.41) is 9.12. The van der Waals surface area contributed by atoms with Crippen LogP contribution in [0.25, 0.3) is 0 Å². The smallest absolute Gasteiger partial charge is 0.272 e. The van der Waals surface area contributed by atoms with E-state index in [4.69, 9.17) is 5.41 Å². The minimum absolute atomic E-state index is 0.208. The molecule has 0 unspecified atom stereocenters. The predicted octanol–water partition coefficient (Wildman–Crippen LogP) is -0.368. The number of hydrogen-bond donors (Lipinski definition) is 2. The summed E-state index contributed by atoms with van der Waals surface area (Å²) >= 11 is 0. The van der Waals surface area contributed by atoms with Gasteiger partial charge in [0.1, 0.15) is 6.34 Å². The van der Waals surface area contributed by atoms with Gasteiger partial charge in [0, 0.05) is 12.3 Å². The highest BCUT2D eigenvalue weighted by molar-refractivity contribution is 5.51. The second-order valence-electron chi connectivity index (χ2n) is 1.30. The van der Waals surface area contributed by atoms with Crippen LogP contribution in [-0.4, -0.2) is 16.1 Å². The molecule has 1 aromatic heterocycles. The maximum absolute atomic E-state index is 10.4. The average molecular weight is 111 g/mol. The number of nitrogens with zero attached hydrogens (tertiary/aromatic N) is 1. The van der Waals surface area contributed by atoms with Gasteiger partial charge >= 0.3 is 0 Å². The van der Waals surface area contributed by atoms with E-state index in [-0.39, 0.29) is 5.56 Å². The molecule has 0 aliphatic carbocycles. The molecule has 4 heteroatoms. The zero-order valence-electron chi connectivity index (χ0n) is 4.09. The zero-order valence-corrected chi connectivity index (χ0v) is 4.09. The van der Waals surface area contributed by atoms with E-state index in [0.29, 0.717) is 0 Å². The molecule has 0 amide bonds. The fraction of sp³-hybridized carbons (Fsp3) is 0. The highest BCUT2D eigenvalue weighted by Crippen LogP contribution is 1.63. The van der Waals surface area contributed by atoms with Crippen molar-refractivity contribution in [2.24, 2.45) is 0 Å². The van der Waals surface area contributed by atoms with Crippen molar-refractivity contribution in [1.82, 2.24) is 9.78 Å². The lowest BCUT2D eigenvalue weighted by molar-refractivity contribution is 0.917. The molecule has 0 aliphatic heterocycles. The van der Waals surface area contributed by atoms with Crippen molar-refractivity contribution < 1.29 is 0 Å². The van der Waals surface area contributed by atoms with E-state index in [1.54, 1.807) is 0 Å². The van der Waals surface area contributed by atoms with Crippen LogP contribution in [0.1, 0.15) is 0 Å². The molecule has 1 heterocycles. The van der Waals surface area contributed by atoms with Crippen molar-refractivity contribution in [3.8, 4) is 0 Å². The summed E-state index contributed by atoms with van der Waals surface area (Å²) in [4.78, 5) is 10.4. The van der Waals surface area contributed by atoms with Crippen molar-refractivity contribution >= 4 is 6.34 Å². The molecule has 0 saturated heterocycles. The predicted molar refractivity (Wildman–Crippen MR) is 29.2 cm³/mol. The highest BCUT2D eigenvalue weighted by Gasteiger charge is 1.85. The third kappa shape index (κ3) is 0.556. The third-order valence-corrected chi connectivity index (χ3v) is 0.806. The van der Waals surface area contributed by atoms with Crippen LogP contribution < -0.4 is 5.56 Å². The Hall–Kier alpha value is -1.32. The van der Waals surface area contributed by atoms with Gasteiger partial charge in [-0.1, -0.05) is 0 Å². The summed E-state index contributed by atoms with van der Waals surface area (Å²) < 4.78 is 1.07. The molecule has 0 bridgehead atoms. The first-order valence-corrected chi connectivity index (χ1v) is 2.11. The molecule has 0 spiro atoms. The Morgan fingerprint density at radius 1 is 1.88 bits per heavy atom. The summed E-state index contributed by atoms with van der Waals surface area (Å²) in [7, 11) is 0. The van der Waals surface area contributed by atoms with Gasteiger partial charge in [-0.2, -0.15) is 0 Å². The van der Waals surface area contributed by atoms with Gasteiger partial charge in [0.2, 0.25) is 0 Å². The van der Waals surface area contributed by atoms with Crippen LogP contribution in [0, 0.1) is 5.41 Å². The fourth-order valence-corrected chi connectivity index (χ4v) is 0.434. The Morgan fingerprint density at radius 2 is 2.62 bits per heavy atom. The van der Waals surface area contributed by atoms with Crippen LogP contribution in [0.3, 0.4) is 0 Å². The average Bonchev–Trinajstić information content (AvgIpc) is 2.14. The van der Waals surface area contributed by atoms with Crippen LogP contribution in [0.15, 0.2) is 17.1 Å². The van der Waals surface area contributed by atoms with Crippen LogP contribution in [0.5, 0.6) is 0 Å². The molecule has 0 saturated carbocycles. The van der Waals surface area contributed by atoms with E-state index in [1.165, 1.54) is 12.3 Å². The first kappa shape index (κ1) is 4.83. The second-order valence-corrected chi connectivity index (χ2v) is 1.30. The highest BCUT2D eigenvalue weighted by atomic mass is 16.1. The SMILES string of the molecule is N=Cn1[nH]ccc1=O. The van der Waals surface area contributed by atoms with Gasteiger partial charge in [-0.05, 0) is 0 Å². The van der Waals surface area contributed by atoms with Crippen molar-refractivity contribution in [3.05, 3.63) is 22.6 Å². The monoisotopic (exact) mass is 111 g/mol. The standard InChI is InChI=1S/C4H5N3O/c5-3-7-4(8)1-2-6-7/h1-3,5-6H. The van der Waals surface area contributed by atoms with Gasteiger partial charge in [0.15, 0.2) is 0 Å².